The number of amidine groups is 1. The van der Waals surface area contributed by atoms with Crippen LogP contribution in [0.3, 0.4) is 0 Å². The highest BCUT2D eigenvalue weighted by Crippen LogP contribution is 2.39. The molecular weight excluding hydrogens is 470 g/mol. The van der Waals surface area contributed by atoms with Crippen molar-refractivity contribution in [1.82, 2.24) is 5.01 Å². The molecule has 0 saturated carbocycles. The third-order valence-corrected chi connectivity index (χ3v) is 7.31. The van der Waals surface area contributed by atoms with Crippen molar-refractivity contribution in [3.8, 4) is 0 Å². The molecule has 1 N–H and O–H groups in total. The zero-order valence-corrected chi connectivity index (χ0v) is 21.0. The summed E-state index contributed by atoms with van der Waals surface area (Å²) in [7, 11) is 4.02. The molecule has 182 valence electrons. The Kier molecular flexibility index (Phi) is 6.86. The summed E-state index contributed by atoms with van der Waals surface area (Å²) in [6.07, 6.45) is 0.745. The van der Waals surface area contributed by atoms with Gasteiger partial charge in [0, 0.05) is 38.3 Å². The summed E-state index contributed by atoms with van der Waals surface area (Å²) in [4.78, 5) is 31.7. The van der Waals surface area contributed by atoms with Crippen LogP contribution in [0.1, 0.15) is 30.0 Å². The van der Waals surface area contributed by atoms with Crippen molar-refractivity contribution in [3.05, 3.63) is 96.1 Å². The van der Waals surface area contributed by atoms with Crippen LogP contribution in [0.5, 0.6) is 0 Å². The molecule has 2 aliphatic rings. The van der Waals surface area contributed by atoms with Crippen molar-refractivity contribution in [3.63, 3.8) is 0 Å². The summed E-state index contributed by atoms with van der Waals surface area (Å²) >= 11 is 1.31. The second-order valence-electron chi connectivity index (χ2n) is 8.92. The minimum Gasteiger partial charge on any atom is -0.378 e. The molecule has 0 radical (unpaired) electrons. The summed E-state index contributed by atoms with van der Waals surface area (Å²) in [5, 5.41) is 9.57. The number of nitrogens with one attached hydrogen (secondary N) is 1. The Morgan fingerprint density at radius 1 is 1.00 bits per heavy atom. The molecule has 0 spiro atoms. The Balaban J connectivity index is 1.36. The highest BCUT2D eigenvalue weighted by Gasteiger charge is 2.39. The van der Waals surface area contributed by atoms with Gasteiger partial charge in [-0.2, -0.15) is 10.1 Å². The first kappa shape index (κ1) is 23.8. The number of nitrogens with zero attached hydrogens (tertiary/aromatic N) is 4. The van der Waals surface area contributed by atoms with Crippen molar-refractivity contribution in [2.75, 3.05) is 24.3 Å². The lowest BCUT2D eigenvalue weighted by molar-refractivity contribution is -0.121. The molecule has 36 heavy (non-hydrogen) atoms. The molecule has 0 saturated heterocycles. The largest absolute Gasteiger partial charge is 0.378 e. The molecule has 0 aliphatic carbocycles. The quantitative estimate of drug-likeness (QED) is 0.523. The van der Waals surface area contributed by atoms with E-state index in [4.69, 9.17) is 5.10 Å². The van der Waals surface area contributed by atoms with E-state index in [-0.39, 0.29) is 24.3 Å². The van der Waals surface area contributed by atoms with E-state index in [0.29, 0.717) is 17.3 Å². The lowest BCUT2D eigenvalue weighted by atomic mass is 9.98. The van der Waals surface area contributed by atoms with Crippen LogP contribution in [0, 0.1) is 0 Å². The van der Waals surface area contributed by atoms with Gasteiger partial charge in [-0.25, -0.2) is 5.01 Å². The van der Waals surface area contributed by atoms with Crippen LogP contribution in [0.15, 0.2) is 95.0 Å². The number of rotatable bonds is 6. The Morgan fingerprint density at radius 2 is 1.67 bits per heavy atom. The van der Waals surface area contributed by atoms with Gasteiger partial charge in [0.25, 0.3) is 5.91 Å². The summed E-state index contributed by atoms with van der Waals surface area (Å²) in [6, 6.07) is 27.6. The van der Waals surface area contributed by atoms with Crippen LogP contribution < -0.4 is 10.2 Å². The molecule has 0 fully saturated rings. The number of hydrogen-bond acceptors (Lipinski definition) is 6. The third kappa shape index (κ3) is 5.18. The molecule has 2 aliphatic heterocycles. The van der Waals surface area contributed by atoms with Gasteiger partial charge in [0.15, 0.2) is 5.17 Å². The average molecular weight is 498 g/mol. The van der Waals surface area contributed by atoms with E-state index in [1.165, 1.54) is 11.8 Å². The van der Waals surface area contributed by atoms with Crippen LogP contribution in [0.25, 0.3) is 0 Å². The number of anilines is 2. The fraction of sp³-hybridized carbons (Fsp3) is 0.214. The number of hydrazone groups is 1. The highest BCUT2D eigenvalue weighted by atomic mass is 32.2. The Bertz CT molecular complexity index is 1310. The van der Waals surface area contributed by atoms with Crippen molar-refractivity contribution in [1.29, 1.82) is 0 Å². The van der Waals surface area contributed by atoms with Crippen molar-refractivity contribution in [2.45, 2.75) is 24.1 Å². The first-order chi connectivity index (χ1) is 17.5. The zero-order valence-electron chi connectivity index (χ0n) is 20.2. The molecule has 3 aromatic carbocycles. The van der Waals surface area contributed by atoms with E-state index < -0.39 is 5.25 Å². The molecule has 0 bridgehead atoms. The highest BCUT2D eigenvalue weighted by molar-refractivity contribution is 8.15. The first-order valence-corrected chi connectivity index (χ1v) is 12.7. The van der Waals surface area contributed by atoms with Gasteiger partial charge in [-0.15, -0.1) is 0 Å². The lowest BCUT2D eigenvalue weighted by Gasteiger charge is -2.24. The maximum absolute atomic E-state index is 12.8. The number of carbonyl (C=O) groups is 2. The number of thioether (sulfide) groups is 1. The summed E-state index contributed by atoms with van der Waals surface area (Å²) in [5.74, 6) is -0.516. The summed E-state index contributed by atoms with van der Waals surface area (Å²) in [6.45, 7) is 0. The predicted octanol–water partition coefficient (Wildman–Crippen LogP) is 4.93. The van der Waals surface area contributed by atoms with Crippen LogP contribution in [0.4, 0.5) is 11.4 Å². The first-order valence-electron chi connectivity index (χ1n) is 11.8. The number of aliphatic imine (C=N–C) groups is 1. The van der Waals surface area contributed by atoms with Gasteiger partial charge in [0.2, 0.25) is 5.91 Å². The van der Waals surface area contributed by atoms with E-state index in [1.807, 2.05) is 79.8 Å². The lowest BCUT2D eigenvalue weighted by Crippen LogP contribution is -2.25. The van der Waals surface area contributed by atoms with Crippen molar-refractivity contribution >= 4 is 45.8 Å². The Hall–Kier alpha value is -3.91. The Morgan fingerprint density at radius 3 is 2.33 bits per heavy atom. The monoisotopic (exact) mass is 497 g/mol. The fourth-order valence-electron chi connectivity index (χ4n) is 4.25. The predicted molar refractivity (Wildman–Crippen MR) is 146 cm³/mol. The minimum absolute atomic E-state index is 0.0523. The van der Waals surface area contributed by atoms with Crippen molar-refractivity contribution < 1.29 is 9.59 Å². The standard InChI is InChI=1S/C28H27N5O2S/c1-32(2)22-15-13-20(14-16-22)24-17-23(19-9-5-3-6-10-19)31-33(24)28-30-27(35)25(36-28)18-26(34)29-21-11-7-4-8-12-21/h3-16,24-25H,17-18H2,1-2H3,(H,29,34). The summed E-state index contributed by atoms with van der Waals surface area (Å²) < 4.78 is 0. The van der Waals surface area contributed by atoms with Gasteiger partial charge in [0.05, 0.1) is 11.8 Å². The minimum atomic E-state index is -0.573. The van der Waals surface area contributed by atoms with Gasteiger partial charge < -0.3 is 10.2 Å². The normalized spacial score (nSPS) is 19.2. The van der Waals surface area contributed by atoms with Crippen LogP contribution in [-0.2, 0) is 9.59 Å². The number of carbonyl (C=O) groups excluding carboxylic acids is 2. The van der Waals surface area contributed by atoms with Gasteiger partial charge in [-0.05, 0) is 35.4 Å². The molecular formula is C28H27N5O2S. The molecule has 0 aromatic heterocycles. The topological polar surface area (TPSA) is 77.4 Å². The zero-order chi connectivity index (χ0) is 25.1. The van der Waals surface area contributed by atoms with Gasteiger partial charge in [0.1, 0.15) is 5.25 Å². The van der Waals surface area contributed by atoms with E-state index in [1.54, 1.807) is 0 Å². The molecule has 2 atom stereocenters. The maximum atomic E-state index is 12.8. The van der Waals surface area contributed by atoms with Gasteiger partial charge in [-0.1, -0.05) is 72.4 Å². The Labute approximate surface area is 214 Å². The van der Waals surface area contributed by atoms with Crippen molar-refractivity contribution in [2.24, 2.45) is 10.1 Å². The van der Waals surface area contributed by atoms with E-state index in [2.05, 4.69) is 39.5 Å². The molecule has 3 aromatic rings. The van der Waals surface area contributed by atoms with E-state index in [0.717, 1.165) is 22.5 Å². The molecule has 2 amide bonds. The third-order valence-electron chi connectivity index (χ3n) is 6.16. The van der Waals surface area contributed by atoms with Crippen LogP contribution >= 0.6 is 11.8 Å². The van der Waals surface area contributed by atoms with Gasteiger partial charge in [-0.3, -0.25) is 9.59 Å². The van der Waals surface area contributed by atoms with E-state index >= 15 is 0 Å². The second kappa shape index (κ2) is 10.4. The number of amides is 2. The molecule has 7 nitrogen and oxygen atoms in total. The van der Waals surface area contributed by atoms with Crippen LogP contribution in [-0.4, -0.2) is 47.0 Å². The molecule has 2 unspecified atom stereocenters. The smallest absolute Gasteiger partial charge is 0.262 e. The second-order valence-corrected chi connectivity index (χ2v) is 10.1. The SMILES string of the molecule is CN(C)c1ccc(C2CC(c3ccccc3)=NN2C2=NC(=O)C(CC(=O)Nc3ccccc3)S2)cc1. The van der Waals surface area contributed by atoms with Gasteiger partial charge >= 0.3 is 0 Å². The average Bonchev–Trinajstić information content (AvgIpc) is 3.49. The number of hydrogen-bond donors (Lipinski definition) is 1. The summed E-state index contributed by atoms with van der Waals surface area (Å²) in [5.41, 5.74) is 4.90. The van der Waals surface area contributed by atoms with Crippen LogP contribution in [0.2, 0.25) is 0 Å². The molecule has 2 heterocycles. The molecule has 8 heteroatoms. The molecule has 5 rings (SSSR count). The fourth-order valence-corrected chi connectivity index (χ4v) is 5.31. The van der Waals surface area contributed by atoms with E-state index in [9.17, 15) is 9.59 Å². The maximum Gasteiger partial charge on any atom is 0.262 e. The number of benzene rings is 3. The number of para-hydroxylation sites is 1.